The van der Waals surface area contributed by atoms with E-state index >= 15 is 0 Å². The Kier molecular flexibility index (Phi) is 4.43. The van der Waals surface area contributed by atoms with Crippen molar-refractivity contribution in [2.24, 2.45) is 0 Å². The fourth-order valence-electron chi connectivity index (χ4n) is 3.63. The molecular weight excluding hydrogens is 349 g/mol. The summed E-state index contributed by atoms with van der Waals surface area (Å²) in [4.78, 5) is 30.3. The molecule has 1 amide bonds. The zero-order chi connectivity index (χ0) is 19.0. The van der Waals surface area contributed by atoms with Crippen molar-refractivity contribution >= 4 is 16.8 Å². The van der Waals surface area contributed by atoms with Crippen LogP contribution in [0.3, 0.4) is 0 Å². The molecule has 0 radical (unpaired) electrons. The van der Waals surface area contributed by atoms with E-state index in [1.807, 2.05) is 0 Å². The van der Waals surface area contributed by atoms with Crippen LogP contribution in [0.1, 0.15) is 35.8 Å². The molecule has 0 bridgehead atoms. The molecule has 0 spiro atoms. The molecule has 3 aromatic rings. The minimum absolute atomic E-state index is 0.112. The van der Waals surface area contributed by atoms with Crippen LogP contribution in [0.2, 0.25) is 0 Å². The predicted molar refractivity (Wildman–Crippen MR) is 99.4 cm³/mol. The van der Waals surface area contributed by atoms with Crippen LogP contribution < -0.4 is 15.5 Å². The van der Waals surface area contributed by atoms with Crippen molar-refractivity contribution in [3.63, 3.8) is 0 Å². The Bertz CT molecular complexity index is 1070. The quantitative estimate of drug-likeness (QED) is 0.661. The summed E-state index contributed by atoms with van der Waals surface area (Å²) in [7, 11) is 0. The number of rotatable bonds is 4. The van der Waals surface area contributed by atoms with Gasteiger partial charge in [-0.15, -0.1) is 0 Å². The van der Waals surface area contributed by atoms with Gasteiger partial charge in [0.05, 0.1) is 6.04 Å². The summed E-state index contributed by atoms with van der Waals surface area (Å²) in [6, 6.07) is 5.90. The van der Waals surface area contributed by atoms with E-state index in [-0.39, 0.29) is 35.6 Å². The van der Waals surface area contributed by atoms with Gasteiger partial charge in [0.1, 0.15) is 5.82 Å². The normalized spacial score (nSPS) is 16.1. The molecule has 3 N–H and O–H groups in total. The summed E-state index contributed by atoms with van der Waals surface area (Å²) in [5, 5.41) is 3.82. The number of fused-ring (bicyclic) bond motifs is 3. The van der Waals surface area contributed by atoms with Gasteiger partial charge in [-0.25, -0.2) is 4.39 Å². The van der Waals surface area contributed by atoms with Crippen molar-refractivity contribution in [2.45, 2.75) is 32.2 Å². The fourth-order valence-corrected chi connectivity index (χ4v) is 3.63. The van der Waals surface area contributed by atoms with Crippen molar-refractivity contribution in [1.82, 2.24) is 15.3 Å². The molecule has 1 atom stereocenters. The molecule has 1 aliphatic rings. The number of hydrogen-bond donors (Lipinski definition) is 3. The first-order valence-corrected chi connectivity index (χ1v) is 8.93. The third kappa shape index (κ3) is 3.45. The van der Waals surface area contributed by atoms with Gasteiger partial charge in [0.25, 0.3) is 5.91 Å². The number of ether oxygens (including phenoxy) is 1. The van der Waals surface area contributed by atoms with Crippen LogP contribution in [0.5, 0.6) is 5.75 Å². The SMILES string of the molecule is Cc1cc(=O)c(OCC(=O)NC2CCCc3c2[nH]c2ccc(F)cc32)c[nH]1. The van der Waals surface area contributed by atoms with Crippen LogP contribution >= 0.6 is 0 Å². The van der Waals surface area contributed by atoms with E-state index in [1.54, 1.807) is 13.0 Å². The van der Waals surface area contributed by atoms with Gasteiger partial charge in [-0.2, -0.15) is 0 Å². The smallest absolute Gasteiger partial charge is 0.258 e. The number of aryl methyl sites for hydroxylation is 2. The first-order valence-electron chi connectivity index (χ1n) is 8.93. The standard InChI is InChI=1S/C20H20FN3O3/c1-11-7-17(25)18(9-22-11)27-10-19(26)23-16-4-2-3-13-14-8-12(21)5-6-15(14)24-20(13)16/h5-9,16,24H,2-4,10H2,1H3,(H,22,25)(H,23,26). The van der Waals surface area contributed by atoms with Crippen molar-refractivity contribution < 1.29 is 13.9 Å². The molecule has 1 aliphatic carbocycles. The van der Waals surface area contributed by atoms with Crippen LogP contribution in [0.15, 0.2) is 35.3 Å². The topological polar surface area (TPSA) is 87.0 Å². The molecule has 6 nitrogen and oxygen atoms in total. The van der Waals surface area contributed by atoms with E-state index in [2.05, 4.69) is 15.3 Å². The van der Waals surface area contributed by atoms with Gasteiger partial charge < -0.3 is 20.0 Å². The summed E-state index contributed by atoms with van der Waals surface area (Å²) in [5.41, 5.74) is 3.30. The monoisotopic (exact) mass is 369 g/mol. The highest BCUT2D eigenvalue weighted by molar-refractivity contribution is 5.86. The Balaban J connectivity index is 1.48. The second kappa shape index (κ2) is 6.90. The summed E-state index contributed by atoms with van der Waals surface area (Å²) in [6.07, 6.45) is 4.00. The van der Waals surface area contributed by atoms with Crippen molar-refractivity contribution in [3.05, 3.63) is 63.5 Å². The fraction of sp³-hybridized carbons (Fsp3) is 0.300. The van der Waals surface area contributed by atoms with Gasteiger partial charge in [0.15, 0.2) is 12.4 Å². The zero-order valence-corrected chi connectivity index (χ0v) is 14.9. The van der Waals surface area contributed by atoms with E-state index in [0.717, 1.165) is 47.1 Å². The van der Waals surface area contributed by atoms with Crippen LogP contribution in [0, 0.1) is 12.7 Å². The number of aromatic amines is 2. The van der Waals surface area contributed by atoms with Gasteiger partial charge in [-0.05, 0) is 49.9 Å². The number of pyridine rings is 1. The maximum Gasteiger partial charge on any atom is 0.258 e. The molecule has 0 saturated carbocycles. The summed E-state index contributed by atoms with van der Waals surface area (Å²) < 4.78 is 18.9. The Morgan fingerprint density at radius 3 is 3.04 bits per heavy atom. The van der Waals surface area contributed by atoms with Gasteiger partial charge in [-0.1, -0.05) is 0 Å². The molecule has 0 saturated heterocycles. The lowest BCUT2D eigenvalue weighted by molar-refractivity contribution is -0.124. The number of carbonyl (C=O) groups is 1. The minimum Gasteiger partial charge on any atom is -0.478 e. The highest BCUT2D eigenvalue weighted by atomic mass is 19.1. The first-order chi connectivity index (χ1) is 13.0. The average Bonchev–Trinajstić information content (AvgIpc) is 3.00. The zero-order valence-electron chi connectivity index (χ0n) is 14.9. The van der Waals surface area contributed by atoms with Gasteiger partial charge in [0, 0.05) is 34.6 Å². The summed E-state index contributed by atoms with van der Waals surface area (Å²) in [6.45, 7) is 1.53. The average molecular weight is 369 g/mol. The number of nitrogens with one attached hydrogen (secondary N) is 3. The minimum atomic E-state index is -0.308. The maximum absolute atomic E-state index is 13.6. The maximum atomic E-state index is 13.6. The van der Waals surface area contributed by atoms with Crippen LogP contribution in [-0.2, 0) is 11.2 Å². The number of H-pyrrole nitrogens is 2. The number of benzene rings is 1. The molecule has 1 aromatic carbocycles. The van der Waals surface area contributed by atoms with Gasteiger partial charge in [-0.3, -0.25) is 9.59 Å². The number of amides is 1. The van der Waals surface area contributed by atoms with E-state index in [1.165, 1.54) is 24.4 Å². The Labute approximate surface area is 154 Å². The van der Waals surface area contributed by atoms with Crippen molar-refractivity contribution in [3.8, 4) is 5.75 Å². The Hall–Kier alpha value is -3.09. The number of hydrogen-bond acceptors (Lipinski definition) is 3. The molecule has 0 aliphatic heterocycles. The number of aromatic nitrogens is 2. The molecule has 27 heavy (non-hydrogen) atoms. The molecule has 2 heterocycles. The molecule has 140 valence electrons. The predicted octanol–water partition coefficient (Wildman–Crippen LogP) is 2.88. The first kappa shape index (κ1) is 17.3. The lowest BCUT2D eigenvalue weighted by Gasteiger charge is -2.23. The van der Waals surface area contributed by atoms with Crippen LogP contribution in [0.25, 0.3) is 10.9 Å². The van der Waals surface area contributed by atoms with Crippen molar-refractivity contribution in [1.29, 1.82) is 0 Å². The number of carbonyl (C=O) groups excluding carboxylic acids is 1. The molecule has 2 aromatic heterocycles. The largest absolute Gasteiger partial charge is 0.478 e. The van der Waals surface area contributed by atoms with Gasteiger partial charge >= 0.3 is 0 Å². The molecule has 4 rings (SSSR count). The Morgan fingerprint density at radius 1 is 1.37 bits per heavy atom. The van der Waals surface area contributed by atoms with E-state index in [9.17, 15) is 14.0 Å². The molecular formula is C20H20FN3O3. The third-order valence-electron chi connectivity index (χ3n) is 4.88. The molecule has 1 unspecified atom stereocenters. The van der Waals surface area contributed by atoms with Crippen LogP contribution in [-0.4, -0.2) is 22.5 Å². The third-order valence-corrected chi connectivity index (χ3v) is 4.88. The lowest BCUT2D eigenvalue weighted by Crippen LogP contribution is -2.34. The van der Waals surface area contributed by atoms with Crippen molar-refractivity contribution in [2.75, 3.05) is 6.61 Å². The summed E-state index contributed by atoms with van der Waals surface area (Å²) in [5.74, 6) is -0.467. The van der Waals surface area contributed by atoms with Gasteiger partial charge in [0.2, 0.25) is 5.43 Å². The second-order valence-corrected chi connectivity index (χ2v) is 6.85. The highest BCUT2D eigenvalue weighted by Crippen LogP contribution is 2.34. The lowest BCUT2D eigenvalue weighted by atomic mass is 9.91. The van der Waals surface area contributed by atoms with Crippen LogP contribution in [0.4, 0.5) is 4.39 Å². The number of halogens is 1. The highest BCUT2D eigenvalue weighted by Gasteiger charge is 2.25. The second-order valence-electron chi connectivity index (χ2n) is 6.85. The molecule has 0 fully saturated rings. The Morgan fingerprint density at radius 2 is 2.22 bits per heavy atom. The van der Waals surface area contributed by atoms with E-state index in [4.69, 9.17) is 4.74 Å². The molecule has 7 heteroatoms. The van der Waals surface area contributed by atoms with E-state index < -0.39 is 0 Å². The summed E-state index contributed by atoms with van der Waals surface area (Å²) >= 11 is 0. The van der Waals surface area contributed by atoms with E-state index in [0.29, 0.717) is 0 Å².